The van der Waals surface area contributed by atoms with Crippen molar-refractivity contribution < 1.29 is 4.74 Å². The zero-order chi connectivity index (χ0) is 25.9. The van der Waals surface area contributed by atoms with Crippen molar-refractivity contribution in [3.63, 3.8) is 0 Å². The highest BCUT2D eigenvalue weighted by Gasteiger charge is 2.11. The first kappa shape index (κ1) is 23.6. The summed E-state index contributed by atoms with van der Waals surface area (Å²) in [7, 11) is 1.68. The molecule has 3 aromatic heterocycles. The van der Waals surface area contributed by atoms with Crippen LogP contribution in [-0.4, -0.2) is 32.0 Å². The fourth-order valence-corrected chi connectivity index (χ4v) is 5.06. The average molecular weight is 517 g/mol. The van der Waals surface area contributed by atoms with Crippen molar-refractivity contribution in [1.29, 1.82) is 0 Å². The minimum Gasteiger partial charge on any atom is -0.497 e. The molecule has 0 aliphatic rings. The molecule has 0 fully saturated rings. The Labute approximate surface area is 223 Å². The van der Waals surface area contributed by atoms with Crippen LogP contribution >= 0.6 is 11.3 Å². The monoisotopic (exact) mass is 516 g/mol. The van der Waals surface area contributed by atoms with Crippen molar-refractivity contribution in [3.8, 4) is 22.7 Å². The molecule has 38 heavy (non-hydrogen) atoms. The number of aromatic nitrogens is 4. The molecule has 0 saturated carbocycles. The standard InChI is InChI=1S/C30H24N6OS/c1-21(22-7-10-27(11-8-22)35-15-14-32-20-35)34-36-29(19-38-30(36)33-26-4-3-13-31-18-26)25-6-5-24-17-28(37-2)12-9-23(24)16-25/h3-20H,1-2H3. The third-order valence-corrected chi connectivity index (χ3v) is 7.05. The molecule has 0 radical (unpaired) electrons. The van der Waals surface area contributed by atoms with E-state index in [4.69, 9.17) is 14.8 Å². The molecule has 186 valence electrons. The van der Waals surface area contributed by atoms with Gasteiger partial charge in [0.2, 0.25) is 4.80 Å². The molecule has 0 N–H and O–H groups in total. The molecule has 8 heteroatoms. The topological polar surface area (TPSA) is 69.6 Å². The van der Waals surface area contributed by atoms with Gasteiger partial charge >= 0.3 is 0 Å². The zero-order valence-corrected chi connectivity index (χ0v) is 21.7. The summed E-state index contributed by atoms with van der Waals surface area (Å²) in [4.78, 5) is 14.0. The lowest BCUT2D eigenvalue weighted by atomic mass is 10.1. The van der Waals surface area contributed by atoms with Crippen LogP contribution < -0.4 is 9.54 Å². The van der Waals surface area contributed by atoms with Crippen molar-refractivity contribution in [1.82, 2.24) is 19.2 Å². The van der Waals surface area contributed by atoms with Gasteiger partial charge < -0.3 is 9.30 Å². The summed E-state index contributed by atoms with van der Waals surface area (Å²) in [6.45, 7) is 2.02. The molecular weight excluding hydrogens is 492 g/mol. The number of nitrogens with zero attached hydrogens (tertiary/aromatic N) is 6. The molecule has 3 aromatic carbocycles. The first-order chi connectivity index (χ1) is 18.7. The van der Waals surface area contributed by atoms with Crippen molar-refractivity contribution in [3.05, 3.63) is 120 Å². The van der Waals surface area contributed by atoms with Crippen LogP contribution in [0.4, 0.5) is 5.69 Å². The SMILES string of the molecule is COc1ccc2cc(-c3csc(=Nc4cccnc4)n3N=C(C)c3ccc(-n4ccnc4)cc3)ccc2c1. The summed E-state index contributed by atoms with van der Waals surface area (Å²) in [5, 5.41) is 9.39. The Kier molecular flexibility index (Phi) is 6.37. The number of benzene rings is 3. The third kappa shape index (κ3) is 4.77. The van der Waals surface area contributed by atoms with E-state index in [0.717, 1.165) is 55.2 Å². The van der Waals surface area contributed by atoms with E-state index in [2.05, 4.69) is 63.9 Å². The van der Waals surface area contributed by atoms with Gasteiger partial charge in [-0.1, -0.05) is 30.3 Å². The predicted octanol–water partition coefficient (Wildman–Crippen LogP) is 6.46. The number of pyridine rings is 1. The second kappa shape index (κ2) is 10.3. The van der Waals surface area contributed by atoms with E-state index in [0.29, 0.717) is 0 Å². The van der Waals surface area contributed by atoms with Gasteiger partial charge in [-0.25, -0.2) is 14.7 Å². The predicted molar refractivity (Wildman–Crippen MR) is 152 cm³/mol. The number of rotatable bonds is 6. The molecule has 3 heterocycles. The molecule has 0 aliphatic heterocycles. The first-order valence-electron chi connectivity index (χ1n) is 12.1. The number of imidazole rings is 1. The van der Waals surface area contributed by atoms with Crippen LogP contribution in [-0.2, 0) is 0 Å². The van der Waals surface area contributed by atoms with Crippen LogP contribution in [0, 0.1) is 0 Å². The minimum atomic E-state index is 0.761. The quantitative estimate of drug-likeness (QED) is 0.239. The number of ether oxygens (including phenoxy) is 1. The summed E-state index contributed by atoms with van der Waals surface area (Å²) in [5.41, 5.74) is 5.74. The van der Waals surface area contributed by atoms with E-state index >= 15 is 0 Å². The summed E-state index contributed by atoms with van der Waals surface area (Å²) in [6, 6.07) is 24.6. The van der Waals surface area contributed by atoms with E-state index in [1.807, 2.05) is 46.6 Å². The van der Waals surface area contributed by atoms with Crippen LogP contribution in [0.15, 0.2) is 119 Å². The van der Waals surface area contributed by atoms with E-state index in [-0.39, 0.29) is 0 Å². The van der Waals surface area contributed by atoms with Crippen LogP contribution in [0.25, 0.3) is 27.7 Å². The van der Waals surface area contributed by atoms with Gasteiger partial charge in [-0.15, -0.1) is 11.3 Å². The van der Waals surface area contributed by atoms with E-state index < -0.39 is 0 Å². The van der Waals surface area contributed by atoms with Gasteiger partial charge in [-0.3, -0.25) is 4.98 Å². The maximum atomic E-state index is 5.39. The number of hydrogen-bond acceptors (Lipinski definition) is 6. The number of fused-ring (bicyclic) bond motifs is 1. The minimum absolute atomic E-state index is 0.761. The van der Waals surface area contributed by atoms with Crippen LogP contribution in [0.3, 0.4) is 0 Å². The molecule has 0 bridgehead atoms. The number of hydrogen-bond donors (Lipinski definition) is 0. The highest BCUT2D eigenvalue weighted by molar-refractivity contribution is 7.07. The Morgan fingerprint density at radius 2 is 1.76 bits per heavy atom. The van der Waals surface area contributed by atoms with Gasteiger partial charge in [0.1, 0.15) is 5.75 Å². The molecular formula is C30H24N6OS. The van der Waals surface area contributed by atoms with E-state index in [9.17, 15) is 0 Å². The Balaban J connectivity index is 1.45. The summed E-state index contributed by atoms with van der Waals surface area (Å²) in [5.74, 6) is 0.840. The summed E-state index contributed by atoms with van der Waals surface area (Å²) >= 11 is 1.55. The molecule has 0 amide bonds. The van der Waals surface area contributed by atoms with Crippen LogP contribution in [0.5, 0.6) is 5.75 Å². The fraction of sp³-hybridized carbons (Fsp3) is 0.0667. The largest absolute Gasteiger partial charge is 0.497 e. The number of methoxy groups -OCH3 is 1. The maximum absolute atomic E-state index is 5.39. The van der Waals surface area contributed by atoms with Gasteiger partial charge in [0.15, 0.2) is 0 Å². The Hall–Kier alpha value is -4.82. The van der Waals surface area contributed by atoms with Crippen LogP contribution in [0.1, 0.15) is 12.5 Å². The normalized spacial score (nSPS) is 12.3. The lowest BCUT2D eigenvalue weighted by molar-refractivity contribution is 0.415. The number of thiazole rings is 1. The Morgan fingerprint density at radius 3 is 2.53 bits per heavy atom. The van der Waals surface area contributed by atoms with Gasteiger partial charge in [0.25, 0.3) is 0 Å². The third-order valence-electron chi connectivity index (χ3n) is 6.24. The van der Waals surface area contributed by atoms with E-state index in [1.54, 1.807) is 43.4 Å². The van der Waals surface area contributed by atoms with Gasteiger partial charge in [0, 0.05) is 35.2 Å². The molecule has 7 nitrogen and oxygen atoms in total. The molecule has 0 spiro atoms. The van der Waals surface area contributed by atoms with Crippen LogP contribution in [0.2, 0.25) is 0 Å². The van der Waals surface area contributed by atoms with Crippen molar-refractivity contribution in [2.45, 2.75) is 6.92 Å². The highest BCUT2D eigenvalue weighted by atomic mass is 32.1. The molecule has 0 aliphatic carbocycles. The van der Waals surface area contributed by atoms with Crippen molar-refractivity contribution >= 4 is 33.5 Å². The first-order valence-corrected chi connectivity index (χ1v) is 12.9. The Morgan fingerprint density at radius 1 is 0.921 bits per heavy atom. The smallest absolute Gasteiger partial charge is 0.211 e. The lowest BCUT2D eigenvalue weighted by Gasteiger charge is -2.09. The van der Waals surface area contributed by atoms with Crippen molar-refractivity contribution in [2.24, 2.45) is 10.1 Å². The highest BCUT2D eigenvalue weighted by Crippen LogP contribution is 2.28. The maximum Gasteiger partial charge on any atom is 0.211 e. The molecule has 0 unspecified atom stereocenters. The summed E-state index contributed by atoms with van der Waals surface area (Å²) < 4.78 is 9.28. The summed E-state index contributed by atoms with van der Waals surface area (Å²) in [6.07, 6.45) is 8.97. The molecule has 6 rings (SSSR count). The fourth-order valence-electron chi connectivity index (χ4n) is 4.21. The average Bonchev–Trinajstić information content (AvgIpc) is 3.64. The Bertz CT molecular complexity index is 1800. The molecule has 0 saturated heterocycles. The second-order valence-corrected chi connectivity index (χ2v) is 9.50. The van der Waals surface area contributed by atoms with Crippen molar-refractivity contribution in [2.75, 3.05) is 7.11 Å². The zero-order valence-electron chi connectivity index (χ0n) is 20.9. The van der Waals surface area contributed by atoms with Gasteiger partial charge in [-0.2, -0.15) is 5.10 Å². The molecule has 0 atom stereocenters. The second-order valence-electron chi connectivity index (χ2n) is 8.67. The van der Waals surface area contributed by atoms with Gasteiger partial charge in [0.05, 0.1) is 36.7 Å². The molecule has 6 aromatic rings. The lowest BCUT2D eigenvalue weighted by Crippen LogP contribution is -2.13. The van der Waals surface area contributed by atoms with E-state index in [1.165, 1.54) is 0 Å². The van der Waals surface area contributed by atoms with Gasteiger partial charge in [-0.05, 0) is 65.7 Å².